The number of ether oxygens (including phenoxy) is 1. The average molecular weight is 324 g/mol. The summed E-state index contributed by atoms with van der Waals surface area (Å²) in [5.74, 6) is 1.20. The average Bonchev–Trinajstić information content (AvgIpc) is 2.64. The second-order valence-corrected chi connectivity index (χ2v) is 6.16. The molecule has 2 N–H and O–H groups in total. The molecule has 0 heterocycles. The predicted molar refractivity (Wildman–Crippen MR) is 95.4 cm³/mol. The lowest BCUT2D eigenvalue weighted by molar-refractivity contribution is 0.239. The van der Waals surface area contributed by atoms with Crippen LogP contribution in [0.3, 0.4) is 0 Å². The van der Waals surface area contributed by atoms with Crippen molar-refractivity contribution in [1.29, 1.82) is 0 Å². The summed E-state index contributed by atoms with van der Waals surface area (Å²) < 4.78 is 5.30. The van der Waals surface area contributed by atoms with Gasteiger partial charge < -0.3 is 15.4 Å². The highest BCUT2D eigenvalue weighted by molar-refractivity contribution is 5.74. The smallest absolute Gasteiger partial charge is 0.315 e. The van der Waals surface area contributed by atoms with Crippen molar-refractivity contribution >= 4 is 6.03 Å². The molecule has 1 atom stereocenters. The number of hydrogen-bond acceptors (Lipinski definition) is 2. The molecule has 0 saturated heterocycles. The lowest BCUT2D eigenvalue weighted by Crippen LogP contribution is -2.38. The highest BCUT2D eigenvalue weighted by atomic mass is 16.5. The zero-order valence-corrected chi connectivity index (χ0v) is 14.0. The van der Waals surface area contributed by atoms with Crippen molar-refractivity contribution < 1.29 is 9.53 Å². The Labute approximate surface area is 143 Å². The van der Waals surface area contributed by atoms with Gasteiger partial charge in [0.15, 0.2) is 0 Å². The Kier molecular flexibility index (Phi) is 5.36. The van der Waals surface area contributed by atoms with Crippen molar-refractivity contribution in [2.45, 2.75) is 31.7 Å². The topological polar surface area (TPSA) is 50.4 Å². The monoisotopic (exact) mass is 324 g/mol. The number of amides is 2. The van der Waals surface area contributed by atoms with Crippen LogP contribution < -0.4 is 15.4 Å². The van der Waals surface area contributed by atoms with Crippen LogP contribution in [0.4, 0.5) is 4.79 Å². The molecule has 4 heteroatoms. The van der Waals surface area contributed by atoms with Crippen molar-refractivity contribution in [3.8, 4) is 5.75 Å². The minimum absolute atomic E-state index is 0.135. The molecule has 0 aromatic heterocycles. The van der Waals surface area contributed by atoms with E-state index in [-0.39, 0.29) is 6.03 Å². The summed E-state index contributed by atoms with van der Waals surface area (Å²) in [5.41, 5.74) is 3.77. The number of carbonyl (C=O) groups excluding carboxylic acids is 1. The molecule has 126 valence electrons. The molecule has 24 heavy (non-hydrogen) atoms. The van der Waals surface area contributed by atoms with E-state index in [9.17, 15) is 4.79 Å². The van der Waals surface area contributed by atoms with Gasteiger partial charge in [-0.1, -0.05) is 42.5 Å². The number of urea groups is 1. The molecule has 0 fully saturated rings. The quantitative estimate of drug-likeness (QED) is 0.882. The van der Waals surface area contributed by atoms with Gasteiger partial charge >= 0.3 is 6.03 Å². The van der Waals surface area contributed by atoms with Crippen molar-refractivity contribution in [2.75, 3.05) is 13.7 Å². The number of carbonyl (C=O) groups is 1. The van der Waals surface area contributed by atoms with Crippen LogP contribution in [0.1, 0.15) is 35.4 Å². The van der Waals surface area contributed by atoms with E-state index >= 15 is 0 Å². The summed E-state index contributed by atoms with van der Waals surface area (Å²) in [6.07, 6.45) is 3.46. The Morgan fingerprint density at radius 2 is 1.92 bits per heavy atom. The number of benzene rings is 2. The largest absolute Gasteiger partial charge is 0.496 e. The van der Waals surface area contributed by atoms with E-state index in [0.717, 1.165) is 24.2 Å². The first-order valence-electron chi connectivity index (χ1n) is 8.49. The Bertz CT molecular complexity index is 700. The van der Waals surface area contributed by atoms with Gasteiger partial charge in [-0.15, -0.1) is 0 Å². The molecule has 0 aliphatic heterocycles. The molecule has 2 aromatic rings. The molecule has 2 amide bonds. The van der Waals surface area contributed by atoms with Crippen LogP contribution in [-0.4, -0.2) is 19.7 Å². The first-order valence-corrected chi connectivity index (χ1v) is 8.49. The Hall–Kier alpha value is -2.49. The highest BCUT2D eigenvalue weighted by Crippen LogP contribution is 2.30. The first-order chi connectivity index (χ1) is 11.8. The van der Waals surface area contributed by atoms with Gasteiger partial charge in [0.1, 0.15) is 5.75 Å². The molecule has 1 aliphatic rings. The number of nitrogens with one attached hydrogen (secondary N) is 2. The molecule has 0 spiro atoms. The molecular weight excluding hydrogens is 300 g/mol. The second kappa shape index (κ2) is 7.86. The zero-order chi connectivity index (χ0) is 16.8. The van der Waals surface area contributed by atoms with Gasteiger partial charge in [0.2, 0.25) is 0 Å². The van der Waals surface area contributed by atoms with Gasteiger partial charge in [-0.3, -0.25) is 0 Å². The number of methoxy groups -OCH3 is 1. The fourth-order valence-electron chi connectivity index (χ4n) is 3.37. The van der Waals surface area contributed by atoms with Gasteiger partial charge in [0.05, 0.1) is 7.11 Å². The number of fused-ring (bicyclic) bond motifs is 1. The van der Waals surface area contributed by atoms with E-state index in [0.29, 0.717) is 19.0 Å². The molecule has 0 radical (unpaired) electrons. The molecule has 0 bridgehead atoms. The minimum Gasteiger partial charge on any atom is -0.496 e. The van der Waals surface area contributed by atoms with Gasteiger partial charge in [-0.2, -0.15) is 0 Å². The van der Waals surface area contributed by atoms with E-state index in [2.05, 4.69) is 34.9 Å². The maximum Gasteiger partial charge on any atom is 0.315 e. The number of rotatable bonds is 5. The number of para-hydroxylation sites is 1. The third-order valence-electron chi connectivity index (χ3n) is 4.63. The molecule has 1 unspecified atom stereocenters. The van der Waals surface area contributed by atoms with Crippen molar-refractivity contribution in [3.05, 3.63) is 65.2 Å². The maximum absolute atomic E-state index is 12.1. The van der Waals surface area contributed by atoms with Gasteiger partial charge in [0.25, 0.3) is 0 Å². The summed E-state index contributed by atoms with van der Waals surface area (Å²) in [5, 5.41) is 5.92. The van der Waals surface area contributed by atoms with Crippen LogP contribution in [0.5, 0.6) is 5.75 Å². The standard InChI is InChI=1S/C20H24N2O2/c1-24-19-12-5-3-8-17(19)14-22-20(23)21-13-16-10-6-9-15-7-2-4-11-18(15)16/h2-5,7-8,11-12,16H,6,9-10,13-14H2,1H3,(H2,21,22,23). The van der Waals surface area contributed by atoms with Gasteiger partial charge in [-0.25, -0.2) is 4.79 Å². The molecule has 1 aliphatic carbocycles. The third-order valence-corrected chi connectivity index (χ3v) is 4.63. The summed E-state index contributed by atoms with van der Waals surface area (Å²) in [6, 6.07) is 16.1. The fraction of sp³-hybridized carbons (Fsp3) is 0.350. The normalized spacial score (nSPS) is 16.1. The van der Waals surface area contributed by atoms with Crippen LogP contribution in [0.25, 0.3) is 0 Å². The van der Waals surface area contributed by atoms with Gasteiger partial charge in [-0.05, 0) is 36.5 Å². The lowest BCUT2D eigenvalue weighted by atomic mass is 9.83. The van der Waals surface area contributed by atoms with Crippen LogP contribution in [0, 0.1) is 0 Å². The third kappa shape index (κ3) is 3.88. The van der Waals surface area contributed by atoms with E-state index in [4.69, 9.17) is 4.74 Å². The van der Waals surface area contributed by atoms with Crippen molar-refractivity contribution in [1.82, 2.24) is 10.6 Å². The molecule has 4 nitrogen and oxygen atoms in total. The van der Waals surface area contributed by atoms with Crippen LogP contribution in [-0.2, 0) is 13.0 Å². The molecule has 3 rings (SSSR count). The van der Waals surface area contributed by atoms with E-state index in [1.807, 2.05) is 24.3 Å². The summed E-state index contributed by atoms with van der Waals surface area (Å²) in [6.45, 7) is 1.13. The molecular formula is C20H24N2O2. The SMILES string of the molecule is COc1ccccc1CNC(=O)NCC1CCCc2ccccc21. The van der Waals surface area contributed by atoms with Gasteiger partial charge in [0, 0.05) is 24.6 Å². The minimum atomic E-state index is -0.135. The van der Waals surface area contributed by atoms with Crippen molar-refractivity contribution in [2.24, 2.45) is 0 Å². The summed E-state index contributed by atoms with van der Waals surface area (Å²) >= 11 is 0. The van der Waals surface area contributed by atoms with E-state index < -0.39 is 0 Å². The predicted octanol–water partition coefficient (Wildman–Crippen LogP) is 3.61. The maximum atomic E-state index is 12.1. The molecule has 0 saturated carbocycles. The van der Waals surface area contributed by atoms with Crippen LogP contribution in [0.15, 0.2) is 48.5 Å². The van der Waals surface area contributed by atoms with E-state index in [1.54, 1.807) is 7.11 Å². The second-order valence-electron chi connectivity index (χ2n) is 6.16. The van der Waals surface area contributed by atoms with Crippen molar-refractivity contribution in [3.63, 3.8) is 0 Å². The highest BCUT2D eigenvalue weighted by Gasteiger charge is 2.20. The Balaban J connectivity index is 1.52. The Morgan fingerprint density at radius 1 is 1.12 bits per heavy atom. The summed E-state index contributed by atoms with van der Waals surface area (Å²) in [4.78, 5) is 12.1. The lowest BCUT2D eigenvalue weighted by Gasteiger charge is -2.25. The van der Waals surface area contributed by atoms with Crippen LogP contribution >= 0.6 is 0 Å². The van der Waals surface area contributed by atoms with E-state index in [1.165, 1.54) is 17.5 Å². The first kappa shape index (κ1) is 16.4. The summed E-state index contributed by atoms with van der Waals surface area (Å²) in [7, 11) is 1.64. The zero-order valence-electron chi connectivity index (χ0n) is 14.0. The molecule has 2 aromatic carbocycles. The fourth-order valence-corrected chi connectivity index (χ4v) is 3.37. The Morgan fingerprint density at radius 3 is 2.79 bits per heavy atom. The number of hydrogen-bond donors (Lipinski definition) is 2. The van der Waals surface area contributed by atoms with Crippen LogP contribution in [0.2, 0.25) is 0 Å². The number of aryl methyl sites for hydroxylation is 1.